The molecule has 0 spiro atoms. The van der Waals surface area contributed by atoms with Gasteiger partial charge in [0.05, 0.1) is 18.5 Å². The molecule has 0 atom stereocenters. The summed E-state index contributed by atoms with van der Waals surface area (Å²) in [5, 5.41) is 1.01. The summed E-state index contributed by atoms with van der Waals surface area (Å²) in [4.78, 5) is 4.46. The Labute approximate surface area is 88.9 Å². The molecule has 3 nitrogen and oxygen atoms in total. The number of ether oxygens (including phenoxy) is 1. The molecule has 1 aromatic carbocycles. The van der Waals surface area contributed by atoms with Crippen molar-refractivity contribution in [3.05, 3.63) is 29.5 Å². The zero-order valence-electron chi connectivity index (χ0n) is 9.16. The third kappa shape index (κ3) is 1.50. The van der Waals surface area contributed by atoms with Crippen LogP contribution in [0.4, 0.5) is 5.69 Å². The SMILES string of the molecule is COc1c(C)ccc2cc(N)c(C)nc12. The van der Waals surface area contributed by atoms with E-state index in [4.69, 9.17) is 10.5 Å². The molecule has 0 bridgehead atoms. The zero-order valence-corrected chi connectivity index (χ0v) is 9.16. The highest BCUT2D eigenvalue weighted by Gasteiger charge is 2.08. The van der Waals surface area contributed by atoms with Crippen molar-refractivity contribution in [1.29, 1.82) is 0 Å². The van der Waals surface area contributed by atoms with Crippen LogP contribution in [-0.4, -0.2) is 12.1 Å². The number of anilines is 1. The first-order chi connectivity index (χ1) is 7.13. The number of rotatable bonds is 1. The lowest BCUT2D eigenvalue weighted by molar-refractivity contribution is 0.416. The second kappa shape index (κ2) is 3.42. The molecule has 15 heavy (non-hydrogen) atoms. The van der Waals surface area contributed by atoms with Gasteiger partial charge in [-0.2, -0.15) is 0 Å². The number of aryl methyl sites for hydroxylation is 2. The molecule has 0 unspecified atom stereocenters. The molecule has 0 radical (unpaired) electrons. The van der Waals surface area contributed by atoms with Gasteiger partial charge >= 0.3 is 0 Å². The van der Waals surface area contributed by atoms with E-state index in [0.29, 0.717) is 5.69 Å². The van der Waals surface area contributed by atoms with Crippen LogP contribution in [0.25, 0.3) is 10.9 Å². The molecule has 1 aromatic heterocycles. The summed E-state index contributed by atoms with van der Waals surface area (Å²) in [6.07, 6.45) is 0. The van der Waals surface area contributed by atoms with Crippen molar-refractivity contribution >= 4 is 16.6 Å². The molecule has 0 aliphatic rings. The van der Waals surface area contributed by atoms with Gasteiger partial charge in [-0.1, -0.05) is 12.1 Å². The minimum atomic E-state index is 0.716. The molecule has 78 valence electrons. The number of aromatic nitrogens is 1. The molecule has 2 rings (SSSR count). The van der Waals surface area contributed by atoms with E-state index in [9.17, 15) is 0 Å². The predicted molar refractivity (Wildman–Crippen MR) is 62.2 cm³/mol. The van der Waals surface area contributed by atoms with Gasteiger partial charge in [-0.05, 0) is 25.5 Å². The number of nitrogens with zero attached hydrogens (tertiary/aromatic N) is 1. The fraction of sp³-hybridized carbons (Fsp3) is 0.250. The highest BCUT2D eigenvalue weighted by Crippen LogP contribution is 2.29. The van der Waals surface area contributed by atoms with Crippen molar-refractivity contribution in [1.82, 2.24) is 4.98 Å². The normalized spacial score (nSPS) is 10.6. The largest absolute Gasteiger partial charge is 0.494 e. The summed E-state index contributed by atoms with van der Waals surface area (Å²) in [5.41, 5.74) is 9.33. The summed E-state index contributed by atoms with van der Waals surface area (Å²) < 4.78 is 5.35. The van der Waals surface area contributed by atoms with Crippen LogP contribution in [0.2, 0.25) is 0 Å². The van der Waals surface area contributed by atoms with Gasteiger partial charge < -0.3 is 10.5 Å². The number of hydrogen-bond acceptors (Lipinski definition) is 3. The van der Waals surface area contributed by atoms with E-state index in [0.717, 1.165) is 27.9 Å². The Hall–Kier alpha value is -1.77. The summed E-state index contributed by atoms with van der Waals surface area (Å²) in [5.74, 6) is 0.829. The quantitative estimate of drug-likeness (QED) is 0.772. The lowest BCUT2D eigenvalue weighted by Crippen LogP contribution is -1.96. The maximum atomic E-state index is 5.81. The number of nitrogens with two attached hydrogens (primary N) is 1. The Morgan fingerprint density at radius 3 is 2.67 bits per heavy atom. The van der Waals surface area contributed by atoms with Gasteiger partial charge in [0.15, 0.2) is 0 Å². The first-order valence-corrected chi connectivity index (χ1v) is 4.84. The molecule has 0 saturated carbocycles. The third-order valence-electron chi connectivity index (χ3n) is 2.57. The Morgan fingerprint density at radius 1 is 1.27 bits per heavy atom. The number of pyridine rings is 1. The Kier molecular flexibility index (Phi) is 2.23. The number of hydrogen-bond donors (Lipinski definition) is 1. The van der Waals surface area contributed by atoms with Crippen molar-refractivity contribution in [2.45, 2.75) is 13.8 Å². The summed E-state index contributed by atoms with van der Waals surface area (Å²) in [6, 6.07) is 5.95. The van der Waals surface area contributed by atoms with Gasteiger partial charge in [0.1, 0.15) is 11.3 Å². The molecule has 2 aromatic rings. The smallest absolute Gasteiger partial charge is 0.147 e. The highest BCUT2D eigenvalue weighted by molar-refractivity contribution is 5.88. The molecule has 3 heteroatoms. The number of fused-ring (bicyclic) bond motifs is 1. The van der Waals surface area contributed by atoms with E-state index in [1.54, 1.807) is 7.11 Å². The third-order valence-corrected chi connectivity index (χ3v) is 2.57. The molecule has 1 heterocycles. The van der Waals surface area contributed by atoms with Crippen LogP contribution in [0.1, 0.15) is 11.3 Å². The van der Waals surface area contributed by atoms with Gasteiger partial charge in [0.25, 0.3) is 0 Å². The topological polar surface area (TPSA) is 48.1 Å². The predicted octanol–water partition coefficient (Wildman–Crippen LogP) is 2.44. The first kappa shape index (κ1) is 9.77. The van der Waals surface area contributed by atoms with Gasteiger partial charge in [-0.15, -0.1) is 0 Å². The number of methoxy groups -OCH3 is 1. The highest BCUT2D eigenvalue weighted by atomic mass is 16.5. The average Bonchev–Trinajstić information content (AvgIpc) is 2.21. The van der Waals surface area contributed by atoms with Crippen LogP contribution in [0.3, 0.4) is 0 Å². The molecule has 0 aliphatic heterocycles. The maximum Gasteiger partial charge on any atom is 0.147 e. The van der Waals surface area contributed by atoms with Gasteiger partial charge in [-0.3, -0.25) is 0 Å². The molecule has 0 aliphatic carbocycles. The first-order valence-electron chi connectivity index (χ1n) is 4.84. The Bertz CT molecular complexity index is 521. The van der Waals surface area contributed by atoms with E-state index in [1.807, 2.05) is 32.0 Å². The average molecular weight is 202 g/mol. The van der Waals surface area contributed by atoms with E-state index in [2.05, 4.69) is 4.98 Å². The minimum absolute atomic E-state index is 0.716. The zero-order chi connectivity index (χ0) is 11.0. The van der Waals surface area contributed by atoms with Crippen LogP contribution in [0.5, 0.6) is 5.75 Å². The van der Waals surface area contributed by atoms with Crippen LogP contribution in [0.15, 0.2) is 18.2 Å². The standard InChI is InChI=1S/C12H14N2O/c1-7-4-5-9-6-10(13)8(2)14-11(9)12(7)15-3/h4-6H,13H2,1-3H3. The second-order valence-electron chi connectivity index (χ2n) is 3.65. The van der Waals surface area contributed by atoms with Crippen LogP contribution in [-0.2, 0) is 0 Å². The molecular formula is C12H14N2O. The van der Waals surface area contributed by atoms with E-state index in [1.165, 1.54) is 0 Å². The Morgan fingerprint density at radius 2 is 2.00 bits per heavy atom. The fourth-order valence-corrected chi connectivity index (χ4v) is 1.68. The Balaban J connectivity index is 2.86. The van der Waals surface area contributed by atoms with Crippen LogP contribution >= 0.6 is 0 Å². The minimum Gasteiger partial charge on any atom is -0.494 e. The number of nitrogen functional groups attached to an aromatic ring is 1. The van der Waals surface area contributed by atoms with Crippen molar-refractivity contribution < 1.29 is 4.74 Å². The monoisotopic (exact) mass is 202 g/mol. The summed E-state index contributed by atoms with van der Waals surface area (Å²) >= 11 is 0. The van der Waals surface area contributed by atoms with E-state index < -0.39 is 0 Å². The summed E-state index contributed by atoms with van der Waals surface area (Å²) in [7, 11) is 1.66. The maximum absolute atomic E-state index is 5.81. The van der Waals surface area contributed by atoms with E-state index in [-0.39, 0.29) is 0 Å². The number of benzene rings is 1. The van der Waals surface area contributed by atoms with Crippen LogP contribution in [0, 0.1) is 13.8 Å². The lowest BCUT2D eigenvalue weighted by atomic mass is 10.1. The van der Waals surface area contributed by atoms with Crippen molar-refractivity contribution in [3.8, 4) is 5.75 Å². The van der Waals surface area contributed by atoms with E-state index >= 15 is 0 Å². The van der Waals surface area contributed by atoms with Crippen LogP contribution < -0.4 is 10.5 Å². The fourth-order valence-electron chi connectivity index (χ4n) is 1.68. The molecule has 0 amide bonds. The van der Waals surface area contributed by atoms with Gasteiger partial charge in [0.2, 0.25) is 0 Å². The summed E-state index contributed by atoms with van der Waals surface area (Å²) in [6.45, 7) is 3.90. The molecule has 0 fully saturated rings. The van der Waals surface area contributed by atoms with Crippen molar-refractivity contribution in [3.63, 3.8) is 0 Å². The van der Waals surface area contributed by atoms with Gasteiger partial charge in [-0.25, -0.2) is 4.98 Å². The molecule has 2 N–H and O–H groups in total. The van der Waals surface area contributed by atoms with Gasteiger partial charge in [0, 0.05) is 5.39 Å². The second-order valence-corrected chi connectivity index (χ2v) is 3.65. The molecular weight excluding hydrogens is 188 g/mol. The molecule has 0 saturated heterocycles. The lowest BCUT2D eigenvalue weighted by Gasteiger charge is -2.09. The van der Waals surface area contributed by atoms with Crippen molar-refractivity contribution in [2.24, 2.45) is 0 Å². The van der Waals surface area contributed by atoms with Crippen molar-refractivity contribution in [2.75, 3.05) is 12.8 Å².